The quantitative estimate of drug-likeness (QED) is 0.472. The third-order valence-corrected chi connectivity index (χ3v) is 3.08. The summed E-state index contributed by atoms with van der Waals surface area (Å²) in [6.45, 7) is 3.75. The first kappa shape index (κ1) is 13.4. The fourth-order valence-corrected chi connectivity index (χ4v) is 2.10. The highest BCUT2D eigenvalue weighted by atomic mass is 16.5. The molecule has 1 atom stereocenters. The van der Waals surface area contributed by atoms with E-state index in [-0.39, 0.29) is 6.23 Å². The monoisotopic (exact) mass is 228 g/mol. The van der Waals surface area contributed by atoms with Gasteiger partial charge >= 0.3 is 0 Å². The smallest absolute Gasteiger partial charge is 0.148 e. The van der Waals surface area contributed by atoms with Gasteiger partial charge in [-0.05, 0) is 19.3 Å². The Bertz CT molecular complexity index is 188. The van der Waals surface area contributed by atoms with E-state index in [0.29, 0.717) is 0 Å². The Morgan fingerprint density at radius 1 is 1.25 bits per heavy atom. The van der Waals surface area contributed by atoms with Crippen LogP contribution in [-0.2, 0) is 4.74 Å². The molecule has 1 fully saturated rings. The van der Waals surface area contributed by atoms with Gasteiger partial charge in [-0.15, -0.1) is 4.91 Å². The van der Waals surface area contributed by atoms with Gasteiger partial charge in [0.1, 0.15) is 6.23 Å². The average Bonchev–Trinajstić information content (AvgIpc) is 2.34. The number of rotatable bonds is 8. The van der Waals surface area contributed by atoms with Crippen LogP contribution in [0.1, 0.15) is 58.3 Å². The number of ether oxygens (including phenoxy) is 1. The Balaban J connectivity index is 2.04. The Hall–Kier alpha value is -0.640. The van der Waals surface area contributed by atoms with Crippen LogP contribution in [0.5, 0.6) is 0 Å². The van der Waals surface area contributed by atoms with Crippen LogP contribution >= 0.6 is 0 Å². The lowest BCUT2D eigenvalue weighted by Crippen LogP contribution is -2.38. The molecule has 0 aromatic carbocycles. The lowest BCUT2D eigenvalue weighted by atomic mass is 10.1. The second-order valence-corrected chi connectivity index (χ2v) is 4.48. The summed E-state index contributed by atoms with van der Waals surface area (Å²) >= 11 is 0. The summed E-state index contributed by atoms with van der Waals surface area (Å²) in [5.41, 5.74) is 0. The van der Waals surface area contributed by atoms with Crippen LogP contribution in [0.25, 0.3) is 0 Å². The van der Waals surface area contributed by atoms with Gasteiger partial charge in [0.15, 0.2) is 0 Å². The largest absolute Gasteiger partial charge is 0.357 e. The van der Waals surface area contributed by atoms with E-state index in [0.717, 1.165) is 32.4 Å². The molecule has 1 saturated heterocycles. The maximum absolute atomic E-state index is 10.5. The first-order valence-corrected chi connectivity index (χ1v) is 6.60. The third kappa shape index (κ3) is 4.92. The molecule has 16 heavy (non-hydrogen) atoms. The van der Waals surface area contributed by atoms with E-state index in [9.17, 15) is 4.91 Å². The number of unbranched alkanes of at least 4 members (excludes halogenated alkanes) is 5. The van der Waals surface area contributed by atoms with Crippen molar-refractivity contribution in [2.45, 2.75) is 64.5 Å². The summed E-state index contributed by atoms with van der Waals surface area (Å²) in [6, 6.07) is 0. The van der Waals surface area contributed by atoms with Gasteiger partial charge in [-0.2, -0.15) is 0 Å². The van der Waals surface area contributed by atoms with E-state index in [4.69, 9.17) is 4.74 Å². The molecule has 1 heterocycles. The minimum atomic E-state index is -0.0579. The molecule has 0 aromatic heterocycles. The fraction of sp³-hybridized carbons (Fsp3) is 1.00. The molecular weight excluding hydrogens is 204 g/mol. The zero-order chi connectivity index (χ0) is 11.6. The minimum absolute atomic E-state index is 0.0579. The van der Waals surface area contributed by atoms with Gasteiger partial charge in [0.2, 0.25) is 0 Å². The maximum atomic E-state index is 10.5. The van der Waals surface area contributed by atoms with Crippen molar-refractivity contribution in [3.8, 4) is 0 Å². The van der Waals surface area contributed by atoms with Gasteiger partial charge in [0.05, 0.1) is 11.9 Å². The molecule has 0 bridgehead atoms. The summed E-state index contributed by atoms with van der Waals surface area (Å²) in [4.78, 5) is 10.5. The van der Waals surface area contributed by atoms with E-state index in [2.05, 4.69) is 12.2 Å². The SMILES string of the molecule is CCCCCCCCC1OCCCN1N=O. The summed E-state index contributed by atoms with van der Waals surface area (Å²) in [6.07, 6.45) is 9.43. The average molecular weight is 228 g/mol. The molecule has 4 nitrogen and oxygen atoms in total. The fourth-order valence-electron chi connectivity index (χ4n) is 2.10. The van der Waals surface area contributed by atoms with Gasteiger partial charge in [-0.1, -0.05) is 39.0 Å². The second-order valence-electron chi connectivity index (χ2n) is 4.48. The predicted molar refractivity (Wildman–Crippen MR) is 64.9 cm³/mol. The van der Waals surface area contributed by atoms with Crippen molar-refractivity contribution in [2.24, 2.45) is 5.29 Å². The molecule has 94 valence electrons. The van der Waals surface area contributed by atoms with Crippen molar-refractivity contribution in [2.75, 3.05) is 13.2 Å². The van der Waals surface area contributed by atoms with Crippen LogP contribution in [0.3, 0.4) is 0 Å². The van der Waals surface area contributed by atoms with Crippen LogP contribution in [0.15, 0.2) is 5.29 Å². The number of hydrogen-bond donors (Lipinski definition) is 0. The first-order chi connectivity index (χ1) is 7.88. The molecule has 0 radical (unpaired) electrons. The van der Waals surface area contributed by atoms with E-state index in [1.54, 1.807) is 5.01 Å². The molecular formula is C12H24N2O2. The molecule has 1 aliphatic heterocycles. The summed E-state index contributed by atoms with van der Waals surface area (Å²) in [5.74, 6) is 0. The molecule has 1 rings (SSSR count). The third-order valence-electron chi connectivity index (χ3n) is 3.08. The lowest BCUT2D eigenvalue weighted by molar-refractivity contribution is -0.0999. The topological polar surface area (TPSA) is 41.9 Å². The van der Waals surface area contributed by atoms with Gasteiger partial charge < -0.3 is 4.74 Å². The van der Waals surface area contributed by atoms with E-state index in [1.807, 2.05) is 0 Å². The van der Waals surface area contributed by atoms with Crippen LogP contribution < -0.4 is 0 Å². The molecule has 1 aliphatic rings. The Labute approximate surface area is 98.3 Å². The van der Waals surface area contributed by atoms with Crippen molar-refractivity contribution < 1.29 is 4.74 Å². The first-order valence-electron chi connectivity index (χ1n) is 6.60. The molecule has 0 spiro atoms. The van der Waals surface area contributed by atoms with Crippen LogP contribution in [-0.4, -0.2) is 24.4 Å². The maximum Gasteiger partial charge on any atom is 0.148 e. The van der Waals surface area contributed by atoms with Crippen molar-refractivity contribution in [1.29, 1.82) is 0 Å². The van der Waals surface area contributed by atoms with Gasteiger partial charge in [-0.3, -0.25) is 0 Å². The van der Waals surface area contributed by atoms with Gasteiger partial charge in [-0.25, -0.2) is 5.01 Å². The highest BCUT2D eigenvalue weighted by Gasteiger charge is 2.21. The van der Waals surface area contributed by atoms with E-state index < -0.39 is 0 Å². The van der Waals surface area contributed by atoms with E-state index in [1.165, 1.54) is 32.1 Å². The van der Waals surface area contributed by atoms with Gasteiger partial charge in [0.25, 0.3) is 0 Å². The Kier molecular flexibility index (Phi) is 7.14. The second kappa shape index (κ2) is 8.50. The molecule has 4 heteroatoms. The van der Waals surface area contributed by atoms with Crippen molar-refractivity contribution in [3.63, 3.8) is 0 Å². The Morgan fingerprint density at radius 3 is 2.75 bits per heavy atom. The van der Waals surface area contributed by atoms with Crippen LogP contribution in [0.4, 0.5) is 0 Å². The molecule has 1 unspecified atom stereocenters. The minimum Gasteiger partial charge on any atom is -0.357 e. The van der Waals surface area contributed by atoms with Crippen molar-refractivity contribution in [1.82, 2.24) is 5.01 Å². The lowest BCUT2D eigenvalue weighted by Gasteiger charge is -2.30. The van der Waals surface area contributed by atoms with Crippen LogP contribution in [0.2, 0.25) is 0 Å². The number of nitrogens with zero attached hydrogens (tertiary/aromatic N) is 2. The highest BCUT2D eigenvalue weighted by Crippen LogP contribution is 2.17. The number of nitroso groups, excluding NO2 is 1. The molecule has 0 N–H and O–H groups in total. The standard InChI is InChI=1S/C12H24N2O2/c1-2-3-4-5-6-7-9-12-14(13-15)10-8-11-16-12/h12H,2-11H2,1H3. The van der Waals surface area contributed by atoms with Gasteiger partial charge in [0, 0.05) is 6.54 Å². The predicted octanol–water partition coefficient (Wildman–Crippen LogP) is 3.47. The molecule has 0 saturated carbocycles. The summed E-state index contributed by atoms with van der Waals surface area (Å²) < 4.78 is 5.54. The zero-order valence-electron chi connectivity index (χ0n) is 10.4. The number of hydrogen-bond acceptors (Lipinski definition) is 3. The summed E-state index contributed by atoms with van der Waals surface area (Å²) in [5, 5.41) is 4.57. The molecule has 0 aliphatic carbocycles. The van der Waals surface area contributed by atoms with E-state index >= 15 is 0 Å². The Morgan fingerprint density at radius 2 is 2.00 bits per heavy atom. The highest BCUT2D eigenvalue weighted by molar-refractivity contribution is 4.64. The van der Waals surface area contributed by atoms with Crippen molar-refractivity contribution >= 4 is 0 Å². The normalized spacial score (nSPS) is 21.1. The van der Waals surface area contributed by atoms with Crippen molar-refractivity contribution in [3.05, 3.63) is 4.91 Å². The van der Waals surface area contributed by atoms with Crippen LogP contribution in [0, 0.1) is 4.91 Å². The zero-order valence-corrected chi connectivity index (χ0v) is 10.4. The molecule has 0 amide bonds. The summed E-state index contributed by atoms with van der Waals surface area (Å²) in [7, 11) is 0. The molecule has 0 aromatic rings.